The summed E-state index contributed by atoms with van der Waals surface area (Å²) in [5, 5.41) is 0. The Morgan fingerprint density at radius 1 is 1.50 bits per heavy atom. The molecule has 1 rings (SSSR count). The molecule has 0 spiro atoms. The van der Waals surface area contributed by atoms with Gasteiger partial charge in [0.1, 0.15) is 5.84 Å². The van der Waals surface area contributed by atoms with Gasteiger partial charge in [-0.05, 0) is 0 Å². The molecule has 0 N–H and O–H groups in total. The maximum Gasteiger partial charge on any atom is 0.325 e. The first kappa shape index (κ1) is 7.05. The van der Waals surface area contributed by atoms with Gasteiger partial charge in [0.2, 0.25) is 0 Å². The Kier molecular flexibility index (Phi) is 1.61. The van der Waals surface area contributed by atoms with Crippen LogP contribution in [0.4, 0.5) is 4.79 Å². The Morgan fingerprint density at radius 3 is 2.30 bits per heavy atom. The summed E-state index contributed by atoms with van der Waals surface area (Å²) in [5.74, 6) is 0.826. The fourth-order valence-electron chi connectivity index (χ4n) is 0.973. The average molecular weight is 141 g/mol. The second-order valence-corrected chi connectivity index (χ2v) is 2.34. The van der Waals surface area contributed by atoms with Crippen LogP contribution in [0.2, 0.25) is 0 Å². The molecule has 1 aliphatic rings. The van der Waals surface area contributed by atoms with E-state index in [2.05, 4.69) is 4.99 Å². The minimum Gasteiger partial charge on any atom is -0.320 e. The first-order chi connectivity index (χ1) is 4.66. The molecule has 1 heterocycles. The molecular weight excluding hydrogens is 130 g/mol. The van der Waals surface area contributed by atoms with Gasteiger partial charge in [-0.2, -0.15) is 0 Å². The van der Waals surface area contributed by atoms with E-state index in [4.69, 9.17) is 0 Å². The standard InChI is InChI=1S/C6H11N3O/c1-7-5-4-8(2)6(10)9(5)3/h4H2,1-3H3/b7-5+. The number of carbonyl (C=O) groups is 1. The third-order valence-corrected chi connectivity index (χ3v) is 1.64. The zero-order chi connectivity index (χ0) is 7.72. The van der Waals surface area contributed by atoms with Crippen LogP contribution in [0.5, 0.6) is 0 Å². The molecule has 10 heavy (non-hydrogen) atoms. The molecule has 0 radical (unpaired) electrons. The first-order valence-corrected chi connectivity index (χ1v) is 3.11. The van der Waals surface area contributed by atoms with E-state index >= 15 is 0 Å². The van der Waals surface area contributed by atoms with Crippen LogP contribution in [0.15, 0.2) is 4.99 Å². The van der Waals surface area contributed by atoms with Gasteiger partial charge in [-0.15, -0.1) is 0 Å². The predicted octanol–water partition coefficient (Wildman–Crippen LogP) is 0.0119. The normalized spacial score (nSPS) is 23.1. The lowest BCUT2D eigenvalue weighted by Gasteiger charge is -2.07. The van der Waals surface area contributed by atoms with E-state index in [0.29, 0.717) is 6.54 Å². The van der Waals surface area contributed by atoms with E-state index in [1.165, 1.54) is 0 Å². The number of rotatable bonds is 0. The summed E-state index contributed by atoms with van der Waals surface area (Å²) in [6.07, 6.45) is 0. The molecule has 0 unspecified atom stereocenters. The summed E-state index contributed by atoms with van der Waals surface area (Å²) in [7, 11) is 5.18. The van der Waals surface area contributed by atoms with Crippen molar-refractivity contribution in [1.82, 2.24) is 9.80 Å². The van der Waals surface area contributed by atoms with Gasteiger partial charge < -0.3 is 4.90 Å². The van der Waals surface area contributed by atoms with E-state index in [0.717, 1.165) is 5.84 Å². The van der Waals surface area contributed by atoms with E-state index in [-0.39, 0.29) is 6.03 Å². The number of aliphatic imine (C=N–C) groups is 1. The number of amides is 2. The number of hydrogen-bond acceptors (Lipinski definition) is 2. The number of hydrogen-bond donors (Lipinski definition) is 0. The Hall–Kier alpha value is -1.06. The maximum absolute atomic E-state index is 11.0. The Balaban J connectivity index is 2.81. The monoisotopic (exact) mass is 141 g/mol. The SMILES string of the molecule is C/N=C1\CN(C)C(=O)N1C. The van der Waals surface area contributed by atoms with E-state index in [9.17, 15) is 4.79 Å². The van der Waals surface area contributed by atoms with Crippen molar-refractivity contribution in [3.63, 3.8) is 0 Å². The van der Waals surface area contributed by atoms with E-state index in [1.807, 2.05) is 0 Å². The largest absolute Gasteiger partial charge is 0.325 e. The molecule has 4 nitrogen and oxygen atoms in total. The molecule has 0 aromatic carbocycles. The number of urea groups is 1. The minimum absolute atomic E-state index is 0.0144. The highest BCUT2D eigenvalue weighted by molar-refractivity contribution is 6.04. The summed E-state index contributed by atoms with van der Waals surface area (Å²) in [6.45, 7) is 0.631. The minimum atomic E-state index is 0.0144. The van der Waals surface area contributed by atoms with Crippen LogP contribution in [0.25, 0.3) is 0 Å². The molecule has 0 aromatic heterocycles. The van der Waals surface area contributed by atoms with E-state index in [1.54, 1.807) is 30.9 Å². The van der Waals surface area contributed by atoms with Crippen LogP contribution in [0.3, 0.4) is 0 Å². The summed E-state index contributed by atoms with van der Waals surface area (Å²) in [5.41, 5.74) is 0. The van der Waals surface area contributed by atoms with Crippen molar-refractivity contribution < 1.29 is 4.79 Å². The van der Waals surface area contributed by atoms with Gasteiger partial charge in [0.05, 0.1) is 6.54 Å². The quantitative estimate of drug-likeness (QED) is 0.468. The van der Waals surface area contributed by atoms with Crippen LogP contribution in [0.1, 0.15) is 0 Å². The van der Waals surface area contributed by atoms with Crippen LogP contribution in [-0.4, -0.2) is 49.4 Å². The van der Waals surface area contributed by atoms with Crippen molar-refractivity contribution in [2.24, 2.45) is 4.99 Å². The van der Waals surface area contributed by atoms with Gasteiger partial charge in [0.15, 0.2) is 0 Å². The highest BCUT2D eigenvalue weighted by Gasteiger charge is 2.27. The van der Waals surface area contributed by atoms with Gasteiger partial charge in [-0.1, -0.05) is 0 Å². The number of carbonyl (C=O) groups excluding carboxylic acids is 1. The number of nitrogens with zero attached hydrogens (tertiary/aromatic N) is 3. The van der Waals surface area contributed by atoms with Crippen LogP contribution in [-0.2, 0) is 0 Å². The Bertz CT molecular complexity index is 187. The topological polar surface area (TPSA) is 35.9 Å². The molecule has 1 fully saturated rings. The van der Waals surface area contributed by atoms with Crippen LogP contribution < -0.4 is 0 Å². The molecule has 0 aliphatic carbocycles. The van der Waals surface area contributed by atoms with Gasteiger partial charge in [-0.25, -0.2) is 4.79 Å². The molecular formula is C6H11N3O. The van der Waals surface area contributed by atoms with Crippen molar-refractivity contribution in [2.45, 2.75) is 0 Å². The zero-order valence-corrected chi connectivity index (χ0v) is 6.46. The van der Waals surface area contributed by atoms with Crippen molar-refractivity contribution in [3.8, 4) is 0 Å². The fourth-order valence-corrected chi connectivity index (χ4v) is 0.973. The molecule has 1 saturated heterocycles. The highest BCUT2D eigenvalue weighted by atomic mass is 16.2. The molecule has 0 atom stereocenters. The molecule has 0 bridgehead atoms. The van der Waals surface area contributed by atoms with Crippen molar-refractivity contribution in [2.75, 3.05) is 27.7 Å². The van der Waals surface area contributed by atoms with Crippen molar-refractivity contribution in [1.29, 1.82) is 0 Å². The fraction of sp³-hybridized carbons (Fsp3) is 0.667. The van der Waals surface area contributed by atoms with E-state index < -0.39 is 0 Å². The van der Waals surface area contributed by atoms with Crippen molar-refractivity contribution in [3.05, 3.63) is 0 Å². The highest BCUT2D eigenvalue weighted by Crippen LogP contribution is 2.05. The molecule has 56 valence electrons. The van der Waals surface area contributed by atoms with Gasteiger partial charge in [0.25, 0.3) is 0 Å². The summed E-state index contributed by atoms with van der Waals surface area (Å²) in [4.78, 5) is 18.2. The van der Waals surface area contributed by atoms with Crippen molar-refractivity contribution >= 4 is 11.9 Å². The lowest BCUT2D eigenvalue weighted by Crippen LogP contribution is -2.27. The molecule has 0 saturated carbocycles. The summed E-state index contributed by atoms with van der Waals surface area (Å²) >= 11 is 0. The first-order valence-electron chi connectivity index (χ1n) is 3.11. The van der Waals surface area contributed by atoms with Crippen LogP contribution in [0, 0.1) is 0 Å². The lowest BCUT2D eigenvalue weighted by molar-refractivity contribution is 0.209. The third-order valence-electron chi connectivity index (χ3n) is 1.64. The number of likely N-dealkylation sites (N-methyl/N-ethyl adjacent to an activating group) is 2. The lowest BCUT2D eigenvalue weighted by atomic mass is 10.6. The summed E-state index contributed by atoms with van der Waals surface area (Å²) in [6, 6.07) is 0.0144. The molecule has 1 aliphatic heterocycles. The molecule has 2 amide bonds. The summed E-state index contributed by atoms with van der Waals surface area (Å²) < 4.78 is 0. The second-order valence-electron chi connectivity index (χ2n) is 2.34. The molecule has 4 heteroatoms. The zero-order valence-electron chi connectivity index (χ0n) is 6.46. The van der Waals surface area contributed by atoms with Crippen LogP contribution >= 0.6 is 0 Å². The average Bonchev–Trinajstić information content (AvgIpc) is 2.17. The smallest absolute Gasteiger partial charge is 0.320 e. The second kappa shape index (κ2) is 2.28. The van der Waals surface area contributed by atoms with Gasteiger partial charge in [-0.3, -0.25) is 9.89 Å². The molecule has 0 aromatic rings. The Morgan fingerprint density at radius 2 is 2.10 bits per heavy atom. The Labute approximate surface area is 60.1 Å². The van der Waals surface area contributed by atoms with Gasteiger partial charge >= 0.3 is 6.03 Å². The predicted molar refractivity (Wildman–Crippen MR) is 39.1 cm³/mol. The third kappa shape index (κ3) is 0.853. The number of amidine groups is 1. The maximum atomic E-state index is 11.0. The van der Waals surface area contributed by atoms with Gasteiger partial charge in [0, 0.05) is 21.1 Å².